The maximum atomic E-state index is 5.80. The highest BCUT2D eigenvalue weighted by atomic mass is 16.7. The Morgan fingerprint density at radius 1 is 1.12 bits per heavy atom. The largest absolute Gasteiger partial charge is 0.462 e. The zero-order chi connectivity index (χ0) is 18.1. The van der Waals surface area contributed by atoms with Gasteiger partial charge in [0.25, 0.3) is 0 Å². The summed E-state index contributed by atoms with van der Waals surface area (Å²) in [6, 6.07) is 13.5. The van der Waals surface area contributed by atoms with Crippen LogP contribution in [0.2, 0.25) is 0 Å². The van der Waals surface area contributed by atoms with Crippen molar-refractivity contribution in [3.63, 3.8) is 0 Å². The lowest BCUT2D eigenvalue weighted by molar-refractivity contribution is 0.174. The van der Waals surface area contributed by atoms with E-state index in [1.54, 1.807) is 4.68 Å². The van der Waals surface area contributed by atoms with Crippen molar-refractivity contribution in [3.8, 4) is 34.6 Å². The second-order valence-corrected chi connectivity index (χ2v) is 6.49. The van der Waals surface area contributed by atoms with Gasteiger partial charge in [0.2, 0.25) is 6.79 Å². The molecule has 0 amide bonds. The third-order valence-corrected chi connectivity index (χ3v) is 3.90. The van der Waals surface area contributed by atoms with Crippen LogP contribution in [0, 0.1) is 5.92 Å². The number of nitrogen functional groups attached to an aromatic ring is 1. The highest BCUT2D eigenvalue weighted by molar-refractivity contribution is 5.64. The molecule has 3 aromatic rings. The lowest BCUT2D eigenvalue weighted by atomic mass is 10.2. The number of anilines is 1. The Hall–Kier alpha value is -3.22. The van der Waals surface area contributed by atoms with Gasteiger partial charge in [0.1, 0.15) is 0 Å². The van der Waals surface area contributed by atoms with E-state index in [0.29, 0.717) is 35.8 Å². The maximum absolute atomic E-state index is 5.80. The third kappa shape index (κ3) is 3.15. The molecule has 7 nitrogen and oxygen atoms in total. The van der Waals surface area contributed by atoms with E-state index in [-0.39, 0.29) is 6.79 Å². The van der Waals surface area contributed by atoms with Crippen molar-refractivity contribution in [2.24, 2.45) is 5.92 Å². The SMILES string of the molecule is CC(C)COc1nc(-c2ccc3c(c2)OCO3)n(-c2ccc(N)cc2)n1. The molecule has 26 heavy (non-hydrogen) atoms. The van der Waals surface area contributed by atoms with Crippen LogP contribution >= 0.6 is 0 Å². The van der Waals surface area contributed by atoms with Crippen molar-refractivity contribution < 1.29 is 14.2 Å². The van der Waals surface area contributed by atoms with Crippen LogP contribution in [0.4, 0.5) is 5.69 Å². The Morgan fingerprint density at radius 2 is 1.88 bits per heavy atom. The Labute approximate surface area is 151 Å². The van der Waals surface area contributed by atoms with Gasteiger partial charge < -0.3 is 19.9 Å². The van der Waals surface area contributed by atoms with E-state index in [9.17, 15) is 0 Å². The van der Waals surface area contributed by atoms with Gasteiger partial charge in [-0.25, -0.2) is 4.68 Å². The fraction of sp³-hybridized carbons (Fsp3) is 0.263. The van der Waals surface area contributed by atoms with Gasteiger partial charge in [0.15, 0.2) is 17.3 Å². The number of nitrogens with two attached hydrogens (primary N) is 1. The first kappa shape index (κ1) is 16.3. The minimum absolute atomic E-state index is 0.228. The minimum Gasteiger partial charge on any atom is -0.462 e. The number of benzene rings is 2. The Bertz CT molecular complexity index is 919. The summed E-state index contributed by atoms with van der Waals surface area (Å²) in [7, 11) is 0. The van der Waals surface area contributed by atoms with Crippen LogP contribution in [0.5, 0.6) is 17.5 Å². The molecule has 7 heteroatoms. The molecule has 2 heterocycles. The molecule has 0 fully saturated rings. The molecule has 2 aromatic carbocycles. The fourth-order valence-electron chi connectivity index (χ4n) is 2.61. The molecule has 0 saturated heterocycles. The van der Waals surface area contributed by atoms with Crippen LogP contribution in [0.3, 0.4) is 0 Å². The third-order valence-electron chi connectivity index (χ3n) is 3.90. The predicted octanol–water partition coefficient (Wildman–Crippen LogP) is 3.28. The number of aromatic nitrogens is 3. The molecule has 0 aliphatic carbocycles. The smallest absolute Gasteiger partial charge is 0.336 e. The molecule has 0 bridgehead atoms. The van der Waals surface area contributed by atoms with Gasteiger partial charge in [-0.05, 0) is 48.4 Å². The summed E-state index contributed by atoms with van der Waals surface area (Å²) in [4.78, 5) is 4.58. The zero-order valence-electron chi connectivity index (χ0n) is 14.7. The molecule has 0 unspecified atom stereocenters. The van der Waals surface area contributed by atoms with Crippen LogP contribution in [-0.2, 0) is 0 Å². The van der Waals surface area contributed by atoms with Gasteiger partial charge in [-0.15, -0.1) is 5.10 Å². The number of hydrogen-bond acceptors (Lipinski definition) is 6. The van der Waals surface area contributed by atoms with Crippen LogP contribution in [0.1, 0.15) is 13.8 Å². The summed E-state index contributed by atoms with van der Waals surface area (Å²) >= 11 is 0. The summed E-state index contributed by atoms with van der Waals surface area (Å²) in [5, 5.41) is 4.52. The van der Waals surface area contributed by atoms with Crippen LogP contribution in [-0.4, -0.2) is 28.2 Å². The first-order valence-electron chi connectivity index (χ1n) is 8.46. The number of nitrogens with zero attached hydrogens (tertiary/aromatic N) is 3. The second kappa shape index (κ2) is 6.59. The standard InChI is InChI=1S/C19H20N4O3/c1-12(2)10-24-19-21-18(13-3-8-16-17(9-13)26-11-25-16)23(22-19)15-6-4-14(20)5-7-15/h3-9,12H,10-11,20H2,1-2H3. The van der Waals surface area contributed by atoms with Crippen molar-refractivity contribution in [3.05, 3.63) is 42.5 Å². The van der Waals surface area contributed by atoms with E-state index >= 15 is 0 Å². The number of rotatable bonds is 5. The number of hydrogen-bond donors (Lipinski definition) is 1. The van der Waals surface area contributed by atoms with Crippen LogP contribution < -0.4 is 19.9 Å². The molecule has 0 radical (unpaired) electrons. The van der Waals surface area contributed by atoms with E-state index in [0.717, 1.165) is 17.0 Å². The van der Waals surface area contributed by atoms with Crippen molar-refractivity contribution in [2.75, 3.05) is 19.1 Å². The predicted molar refractivity (Wildman–Crippen MR) is 97.7 cm³/mol. The van der Waals surface area contributed by atoms with Gasteiger partial charge in [-0.3, -0.25) is 0 Å². The summed E-state index contributed by atoms with van der Waals surface area (Å²) in [6.45, 7) is 4.93. The Morgan fingerprint density at radius 3 is 2.65 bits per heavy atom. The van der Waals surface area contributed by atoms with Crippen LogP contribution in [0.25, 0.3) is 17.1 Å². The van der Waals surface area contributed by atoms with E-state index in [4.69, 9.17) is 19.9 Å². The monoisotopic (exact) mass is 352 g/mol. The van der Waals surface area contributed by atoms with Gasteiger partial charge in [-0.1, -0.05) is 13.8 Å². The number of ether oxygens (including phenoxy) is 3. The zero-order valence-corrected chi connectivity index (χ0v) is 14.7. The van der Waals surface area contributed by atoms with E-state index in [1.807, 2.05) is 42.5 Å². The fourth-order valence-corrected chi connectivity index (χ4v) is 2.61. The molecular formula is C19H20N4O3. The molecular weight excluding hydrogens is 332 g/mol. The Balaban J connectivity index is 1.77. The van der Waals surface area contributed by atoms with Gasteiger partial charge in [0.05, 0.1) is 12.3 Å². The highest BCUT2D eigenvalue weighted by Gasteiger charge is 2.19. The van der Waals surface area contributed by atoms with E-state index in [2.05, 4.69) is 23.9 Å². The van der Waals surface area contributed by atoms with E-state index < -0.39 is 0 Å². The molecule has 4 rings (SSSR count). The number of fused-ring (bicyclic) bond motifs is 1. The van der Waals surface area contributed by atoms with Gasteiger partial charge in [0, 0.05) is 11.3 Å². The lowest BCUT2D eigenvalue weighted by Crippen LogP contribution is -2.06. The van der Waals surface area contributed by atoms with Crippen molar-refractivity contribution in [1.29, 1.82) is 0 Å². The molecule has 2 N–H and O–H groups in total. The first-order chi connectivity index (χ1) is 12.6. The first-order valence-corrected chi connectivity index (χ1v) is 8.46. The average molecular weight is 352 g/mol. The van der Waals surface area contributed by atoms with Crippen molar-refractivity contribution in [1.82, 2.24) is 14.8 Å². The summed E-state index contributed by atoms with van der Waals surface area (Å²) in [5.41, 5.74) is 8.20. The van der Waals surface area contributed by atoms with Crippen molar-refractivity contribution >= 4 is 5.69 Å². The lowest BCUT2D eigenvalue weighted by Gasteiger charge is -2.06. The highest BCUT2D eigenvalue weighted by Crippen LogP contribution is 2.36. The topological polar surface area (TPSA) is 84.4 Å². The van der Waals surface area contributed by atoms with Gasteiger partial charge >= 0.3 is 6.01 Å². The van der Waals surface area contributed by atoms with Crippen molar-refractivity contribution in [2.45, 2.75) is 13.8 Å². The van der Waals surface area contributed by atoms with Crippen LogP contribution in [0.15, 0.2) is 42.5 Å². The molecule has 1 aromatic heterocycles. The quantitative estimate of drug-likeness (QED) is 0.710. The molecule has 0 atom stereocenters. The normalized spacial score (nSPS) is 12.6. The van der Waals surface area contributed by atoms with E-state index in [1.165, 1.54) is 0 Å². The average Bonchev–Trinajstić information content (AvgIpc) is 3.26. The second-order valence-electron chi connectivity index (χ2n) is 6.49. The summed E-state index contributed by atoms with van der Waals surface area (Å²) in [6.07, 6.45) is 0. The molecule has 1 aliphatic heterocycles. The summed E-state index contributed by atoms with van der Waals surface area (Å²) in [5.74, 6) is 2.46. The molecule has 134 valence electrons. The Kier molecular flexibility index (Phi) is 4.12. The summed E-state index contributed by atoms with van der Waals surface area (Å²) < 4.78 is 18.3. The minimum atomic E-state index is 0.228. The molecule has 0 saturated carbocycles. The van der Waals surface area contributed by atoms with Gasteiger partial charge in [-0.2, -0.15) is 4.98 Å². The molecule has 0 spiro atoms. The maximum Gasteiger partial charge on any atom is 0.336 e. The molecule has 1 aliphatic rings.